The Morgan fingerprint density at radius 1 is 0.629 bits per heavy atom. The van der Waals surface area contributed by atoms with E-state index >= 15 is 0 Å². The van der Waals surface area contributed by atoms with Gasteiger partial charge in [-0.25, -0.2) is 24.9 Å². The number of hydrogen-bond donors (Lipinski definition) is 4. The minimum absolute atomic E-state index is 0.0338. The van der Waals surface area contributed by atoms with E-state index in [-0.39, 0.29) is 34.5 Å². The Morgan fingerprint density at radius 2 is 1.13 bits per heavy atom. The summed E-state index contributed by atoms with van der Waals surface area (Å²) in [6, 6.07) is 21.0. The van der Waals surface area contributed by atoms with Gasteiger partial charge in [0.1, 0.15) is 41.2 Å². The summed E-state index contributed by atoms with van der Waals surface area (Å²) in [5, 5.41) is 27.8. The van der Waals surface area contributed by atoms with Crippen molar-refractivity contribution in [3.05, 3.63) is 133 Å². The van der Waals surface area contributed by atoms with Gasteiger partial charge in [-0.1, -0.05) is 0 Å². The van der Waals surface area contributed by atoms with E-state index < -0.39 is 0 Å². The lowest BCUT2D eigenvalue weighted by molar-refractivity contribution is -0.119. The number of fused-ring (bicyclic) bond motifs is 2. The zero-order chi connectivity index (χ0) is 48.3. The normalized spacial score (nSPS) is 17.6. The van der Waals surface area contributed by atoms with Crippen molar-refractivity contribution in [3.63, 3.8) is 0 Å². The van der Waals surface area contributed by atoms with Crippen molar-refractivity contribution < 1.29 is 9.59 Å². The molecule has 0 bridgehead atoms. The molecule has 2 amide bonds. The smallest absolute Gasteiger partial charge is 0.229 e. The van der Waals surface area contributed by atoms with Gasteiger partial charge in [-0.3, -0.25) is 24.5 Å². The van der Waals surface area contributed by atoms with E-state index in [1.165, 1.54) is 0 Å². The fraction of sp³-hybridized carbons (Fsp3) is 0.231. The van der Waals surface area contributed by atoms with Crippen molar-refractivity contribution in [2.75, 3.05) is 58.1 Å². The molecule has 8 aromatic heterocycles. The Morgan fingerprint density at radius 3 is 1.64 bits per heavy atom. The van der Waals surface area contributed by atoms with Crippen molar-refractivity contribution in [1.82, 2.24) is 39.9 Å². The van der Waals surface area contributed by atoms with Crippen LogP contribution in [0.15, 0.2) is 110 Å². The largest absolute Gasteiger partial charge is 0.383 e. The summed E-state index contributed by atoms with van der Waals surface area (Å²) in [6.45, 7) is 6.92. The fourth-order valence-corrected chi connectivity index (χ4v) is 10.0. The number of nitriles is 2. The van der Waals surface area contributed by atoms with Gasteiger partial charge in [0, 0.05) is 120 Å². The molecule has 2 aliphatic heterocycles. The Balaban J connectivity index is 0.000000152. The molecule has 18 heteroatoms. The number of hydrogen-bond acceptors (Lipinski definition) is 16. The van der Waals surface area contributed by atoms with Crippen LogP contribution in [0.3, 0.4) is 0 Å². The summed E-state index contributed by atoms with van der Waals surface area (Å²) in [5.41, 5.74) is 19.7. The highest BCUT2D eigenvalue weighted by Crippen LogP contribution is 2.61. The number of carbonyl (C=O) groups excluding carboxylic acids is 2. The van der Waals surface area contributed by atoms with Crippen molar-refractivity contribution in [2.24, 2.45) is 22.7 Å². The van der Waals surface area contributed by atoms with E-state index in [1.54, 1.807) is 74.0 Å². The van der Waals surface area contributed by atoms with Gasteiger partial charge in [-0.2, -0.15) is 10.5 Å². The number of nitrogens with two attached hydrogens (primary N) is 2. The number of aryl methyl sites for hydroxylation is 2. The van der Waals surface area contributed by atoms with Crippen LogP contribution in [0.4, 0.5) is 34.8 Å². The first kappa shape index (κ1) is 43.4. The third-order valence-corrected chi connectivity index (χ3v) is 14.1. The van der Waals surface area contributed by atoms with Gasteiger partial charge in [0.05, 0.1) is 34.4 Å². The molecule has 0 radical (unpaired) electrons. The highest BCUT2D eigenvalue weighted by atomic mass is 16.2. The predicted octanol–water partition coefficient (Wildman–Crippen LogP) is 6.63. The molecular formula is C52H44N16O2. The molecule has 6 N–H and O–H groups in total. The van der Waals surface area contributed by atoms with Crippen molar-refractivity contribution >= 4 is 68.1 Å². The Bertz CT molecular complexity index is 3310. The molecule has 70 heavy (non-hydrogen) atoms. The molecule has 2 atom stereocenters. The summed E-state index contributed by atoms with van der Waals surface area (Å²) in [6.07, 6.45) is 17.0. The molecule has 8 aromatic rings. The number of aromatic nitrogens is 8. The maximum Gasteiger partial charge on any atom is 0.229 e. The third-order valence-electron chi connectivity index (χ3n) is 14.1. The molecule has 12 rings (SSSR count). The molecule has 10 heterocycles. The van der Waals surface area contributed by atoms with Gasteiger partial charge in [-0.05, 0) is 103 Å². The molecule has 344 valence electrons. The summed E-state index contributed by atoms with van der Waals surface area (Å²) in [5.74, 6) is 2.19. The second-order valence-electron chi connectivity index (χ2n) is 18.7. The molecule has 4 fully saturated rings. The number of nitrogens with zero attached hydrogens (tertiary/aromatic N) is 12. The van der Waals surface area contributed by atoms with Crippen LogP contribution in [0.5, 0.6) is 0 Å². The standard InChI is InChI=1S/2C26H22N8O/c1-15-2-4-29-10-18(15)21-6-17-7-23(31-11-19(17)24(28)32-21)33-25(35)20-8-26(20)13-34(14-26)22-12-30-5-3-16(22)9-27;1-15-4-6-29-11-18(15)21-7-17-8-22(31-12-19(17)23(28)32-21)33-25(35)20-9-26(20)13-34(14-26)24-16(10-27)3-2-5-30-24/h2-7,10-12,20H,8,13-14H2,1H3,(H2,28,32)(H,31,33,35);2-8,11-12,20H,9,13-14H2,1H3,(H2,28,32)(H,31,33,35). The van der Waals surface area contributed by atoms with E-state index in [9.17, 15) is 20.1 Å². The summed E-state index contributed by atoms with van der Waals surface area (Å²) in [4.78, 5) is 64.9. The minimum Gasteiger partial charge on any atom is -0.383 e. The number of nitrogens with one attached hydrogen (secondary N) is 2. The number of anilines is 6. The van der Waals surface area contributed by atoms with E-state index in [1.807, 2.05) is 50.2 Å². The molecule has 2 saturated heterocycles. The number of rotatable bonds is 8. The minimum atomic E-state index is -0.0818. The van der Waals surface area contributed by atoms with Gasteiger partial charge < -0.3 is 31.9 Å². The topological polar surface area (TPSA) is 267 Å². The lowest BCUT2D eigenvalue weighted by Crippen LogP contribution is -2.51. The van der Waals surface area contributed by atoms with Crippen LogP contribution in [0, 0.1) is 59.2 Å². The number of carbonyl (C=O) groups is 2. The summed E-state index contributed by atoms with van der Waals surface area (Å²) < 4.78 is 0. The third kappa shape index (κ3) is 7.80. The number of pyridine rings is 8. The Hall–Kier alpha value is -9.16. The second-order valence-corrected chi connectivity index (χ2v) is 18.7. The van der Waals surface area contributed by atoms with Crippen molar-refractivity contribution in [2.45, 2.75) is 26.7 Å². The molecule has 2 aliphatic carbocycles. The lowest BCUT2D eigenvalue weighted by atomic mass is 9.92. The fourth-order valence-electron chi connectivity index (χ4n) is 10.0. The van der Waals surface area contributed by atoms with E-state index in [0.717, 1.165) is 99.9 Å². The molecule has 2 spiro atoms. The maximum absolute atomic E-state index is 13.0. The average molecular weight is 925 g/mol. The van der Waals surface area contributed by atoms with Gasteiger partial charge in [-0.15, -0.1) is 0 Å². The zero-order valence-corrected chi connectivity index (χ0v) is 38.1. The highest BCUT2D eigenvalue weighted by Gasteiger charge is 2.65. The highest BCUT2D eigenvalue weighted by molar-refractivity contribution is 6.00. The zero-order valence-electron chi connectivity index (χ0n) is 38.1. The van der Waals surface area contributed by atoms with Crippen LogP contribution in [0.1, 0.15) is 35.1 Å². The second kappa shape index (κ2) is 16.9. The van der Waals surface area contributed by atoms with Crippen LogP contribution in [-0.2, 0) is 9.59 Å². The predicted molar refractivity (Wildman–Crippen MR) is 265 cm³/mol. The Kier molecular flexibility index (Phi) is 10.5. The monoisotopic (exact) mass is 924 g/mol. The van der Waals surface area contributed by atoms with Crippen molar-refractivity contribution in [1.29, 1.82) is 10.5 Å². The first-order valence-electron chi connectivity index (χ1n) is 22.7. The molecule has 4 aliphatic rings. The average Bonchev–Trinajstić information content (AvgIpc) is 4.28. The number of amides is 2. The van der Waals surface area contributed by atoms with Gasteiger partial charge in [0.15, 0.2) is 0 Å². The summed E-state index contributed by atoms with van der Waals surface area (Å²) >= 11 is 0. The van der Waals surface area contributed by atoms with Gasteiger partial charge in [0.25, 0.3) is 0 Å². The first-order valence-corrected chi connectivity index (χ1v) is 22.7. The van der Waals surface area contributed by atoms with E-state index in [0.29, 0.717) is 40.2 Å². The number of nitrogen functional groups attached to an aromatic ring is 2. The van der Waals surface area contributed by atoms with Crippen molar-refractivity contribution in [3.8, 4) is 34.7 Å². The van der Waals surface area contributed by atoms with Crippen LogP contribution in [0.25, 0.3) is 44.1 Å². The van der Waals surface area contributed by atoms with Gasteiger partial charge >= 0.3 is 0 Å². The summed E-state index contributed by atoms with van der Waals surface area (Å²) in [7, 11) is 0. The van der Waals surface area contributed by atoms with Crippen LogP contribution >= 0.6 is 0 Å². The van der Waals surface area contributed by atoms with Crippen LogP contribution < -0.4 is 31.9 Å². The van der Waals surface area contributed by atoms with E-state index in [2.05, 4.69) is 72.4 Å². The van der Waals surface area contributed by atoms with E-state index in [4.69, 9.17) is 11.5 Å². The molecular weight excluding hydrogens is 881 g/mol. The molecule has 2 saturated carbocycles. The lowest BCUT2D eigenvalue weighted by Gasteiger charge is -2.42. The van der Waals surface area contributed by atoms with Gasteiger partial charge in [0.2, 0.25) is 11.8 Å². The van der Waals surface area contributed by atoms with Crippen LogP contribution in [0.2, 0.25) is 0 Å². The molecule has 0 aromatic carbocycles. The Labute approximate surface area is 401 Å². The maximum atomic E-state index is 13.0. The van der Waals surface area contributed by atoms with Crippen LogP contribution in [-0.4, -0.2) is 77.9 Å². The SMILES string of the molecule is Cc1ccncc1-c1cc2cc(NC(=O)C3CC34CN(c3cnccc3C#N)C4)ncc2c(N)n1.Cc1ccncc1-c1cc2cc(NC(=O)C3CC34CN(c3ncccc3C#N)C4)ncc2c(N)n1. The first-order chi connectivity index (χ1) is 33.9. The molecule has 18 nitrogen and oxygen atoms in total. The quantitative estimate of drug-likeness (QED) is 0.125. The molecule has 2 unspecified atom stereocenters.